The van der Waals surface area contributed by atoms with Crippen molar-refractivity contribution in [2.75, 3.05) is 32.7 Å². The zero-order valence-electron chi connectivity index (χ0n) is 15.6. The molecule has 0 radical (unpaired) electrons. The largest absolute Gasteiger partial charge is 0.356 e. The molecule has 1 heterocycles. The van der Waals surface area contributed by atoms with Crippen molar-refractivity contribution >= 4 is 11.8 Å². The maximum Gasteiger partial charge on any atom is 0.225 e. The van der Waals surface area contributed by atoms with E-state index in [4.69, 9.17) is 0 Å². The predicted molar refractivity (Wildman–Crippen MR) is 96.7 cm³/mol. The van der Waals surface area contributed by atoms with E-state index in [0.29, 0.717) is 19.0 Å². The van der Waals surface area contributed by atoms with E-state index in [1.165, 1.54) is 25.7 Å². The van der Waals surface area contributed by atoms with Crippen LogP contribution < -0.4 is 5.32 Å². The van der Waals surface area contributed by atoms with Crippen molar-refractivity contribution in [3.8, 4) is 0 Å². The second-order valence-corrected chi connectivity index (χ2v) is 7.37. The molecule has 1 aliphatic carbocycles. The Labute approximate surface area is 147 Å². The average Bonchev–Trinajstić information content (AvgIpc) is 3.20. The Bertz CT molecular complexity index is 401. The molecule has 1 unspecified atom stereocenters. The summed E-state index contributed by atoms with van der Waals surface area (Å²) in [5.41, 5.74) is 0. The van der Waals surface area contributed by atoms with Gasteiger partial charge in [-0.05, 0) is 51.7 Å². The van der Waals surface area contributed by atoms with Crippen LogP contribution in [-0.4, -0.2) is 60.4 Å². The number of rotatable bonds is 10. The first-order chi connectivity index (χ1) is 11.7. The minimum atomic E-state index is -0.138. The van der Waals surface area contributed by atoms with Crippen molar-refractivity contribution in [2.24, 2.45) is 5.92 Å². The minimum Gasteiger partial charge on any atom is -0.356 e. The molecule has 5 nitrogen and oxygen atoms in total. The Morgan fingerprint density at radius 2 is 1.83 bits per heavy atom. The molecular weight excluding hydrogens is 302 g/mol. The number of hydrogen-bond acceptors (Lipinski definition) is 3. The molecule has 1 atom stereocenters. The molecule has 1 saturated carbocycles. The predicted octanol–water partition coefficient (Wildman–Crippen LogP) is 2.41. The van der Waals surface area contributed by atoms with Gasteiger partial charge in [-0.3, -0.25) is 9.59 Å². The van der Waals surface area contributed by atoms with Crippen LogP contribution in [0, 0.1) is 5.92 Å². The van der Waals surface area contributed by atoms with Gasteiger partial charge in [0.05, 0.1) is 5.92 Å². The summed E-state index contributed by atoms with van der Waals surface area (Å²) in [6, 6.07) is 0.395. The average molecular weight is 338 g/mol. The van der Waals surface area contributed by atoms with Gasteiger partial charge < -0.3 is 15.1 Å². The van der Waals surface area contributed by atoms with Crippen molar-refractivity contribution in [3.05, 3.63) is 0 Å². The monoisotopic (exact) mass is 337 g/mol. The summed E-state index contributed by atoms with van der Waals surface area (Å²) in [7, 11) is 0. The molecule has 2 amide bonds. The number of hydrogen-bond donors (Lipinski definition) is 1. The van der Waals surface area contributed by atoms with Crippen LogP contribution in [-0.2, 0) is 9.59 Å². The number of nitrogens with one attached hydrogen (secondary N) is 1. The van der Waals surface area contributed by atoms with Crippen LogP contribution in [0.1, 0.15) is 65.2 Å². The van der Waals surface area contributed by atoms with Crippen LogP contribution in [0.15, 0.2) is 0 Å². The standard InChI is InChI=1S/C19H35N3O2/c1-3-11-21(12-4-2)13-7-10-20-19(24)16-14-18(23)22(15-16)17-8-5-6-9-17/h16-17H,3-15H2,1-2H3,(H,20,24). The van der Waals surface area contributed by atoms with Gasteiger partial charge in [0.2, 0.25) is 11.8 Å². The van der Waals surface area contributed by atoms with Gasteiger partial charge in [0.1, 0.15) is 0 Å². The molecule has 0 spiro atoms. The van der Waals surface area contributed by atoms with E-state index in [1.807, 2.05) is 4.90 Å². The van der Waals surface area contributed by atoms with Crippen LogP contribution in [0.3, 0.4) is 0 Å². The lowest BCUT2D eigenvalue weighted by atomic mass is 10.1. The van der Waals surface area contributed by atoms with Gasteiger partial charge in [0.25, 0.3) is 0 Å². The van der Waals surface area contributed by atoms with E-state index < -0.39 is 0 Å². The van der Waals surface area contributed by atoms with Gasteiger partial charge in [-0.15, -0.1) is 0 Å². The third kappa shape index (κ3) is 5.47. The lowest BCUT2D eigenvalue weighted by molar-refractivity contribution is -0.130. The van der Waals surface area contributed by atoms with Crippen LogP contribution in [0.5, 0.6) is 0 Å². The van der Waals surface area contributed by atoms with Crippen molar-refractivity contribution in [3.63, 3.8) is 0 Å². The highest BCUT2D eigenvalue weighted by Gasteiger charge is 2.38. The third-order valence-electron chi connectivity index (χ3n) is 5.32. The Morgan fingerprint density at radius 3 is 2.46 bits per heavy atom. The zero-order chi connectivity index (χ0) is 17.4. The number of carbonyl (C=O) groups excluding carboxylic acids is 2. The van der Waals surface area contributed by atoms with Gasteiger partial charge in [-0.2, -0.15) is 0 Å². The third-order valence-corrected chi connectivity index (χ3v) is 5.32. The molecule has 24 heavy (non-hydrogen) atoms. The normalized spacial score (nSPS) is 21.9. The van der Waals surface area contributed by atoms with Gasteiger partial charge in [-0.1, -0.05) is 26.7 Å². The lowest BCUT2D eigenvalue weighted by Crippen LogP contribution is -2.37. The minimum absolute atomic E-state index is 0.0707. The van der Waals surface area contributed by atoms with E-state index in [-0.39, 0.29) is 17.7 Å². The molecule has 0 bridgehead atoms. The lowest BCUT2D eigenvalue weighted by Gasteiger charge is -2.24. The maximum atomic E-state index is 12.3. The number of amides is 2. The van der Waals surface area contributed by atoms with Crippen LogP contribution in [0.4, 0.5) is 0 Å². The van der Waals surface area contributed by atoms with Gasteiger partial charge in [-0.25, -0.2) is 0 Å². The fourth-order valence-electron chi connectivity index (χ4n) is 4.10. The molecule has 0 aromatic carbocycles. The first kappa shape index (κ1) is 19.2. The van der Waals surface area contributed by atoms with E-state index in [0.717, 1.165) is 45.4 Å². The first-order valence-electron chi connectivity index (χ1n) is 9.95. The summed E-state index contributed by atoms with van der Waals surface area (Å²) in [5.74, 6) is 0.112. The number of likely N-dealkylation sites (tertiary alicyclic amines) is 1. The van der Waals surface area contributed by atoms with E-state index in [9.17, 15) is 9.59 Å². The summed E-state index contributed by atoms with van der Waals surface area (Å²) >= 11 is 0. The van der Waals surface area contributed by atoms with Gasteiger partial charge in [0.15, 0.2) is 0 Å². The molecule has 1 N–H and O–H groups in total. The first-order valence-corrected chi connectivity index (χ1v) is 9.95. The molecule has 2 aliphatic rings. The summed E-state index contributed by atoms with van der Waals surface area (Å²) in [6.45, 7) is 9.07. The highest BCUT2D eigenvalue weighted by atomic mass is 16.2. The molecule has 5 heteroatoms. The molecule has 138 valence electrons. The van der Waals surface area contributed by atoms with Gasteiger partial charge >= 0.3 is 0 Å². The quantitative estimate of drug-likeness (QED) is 0.623. The van der Waals surface area contributed by atoms with Crippen molar-refractivity contribution < 1.29 is 9.59 Å². The second-order valence-electron chi connectivity index (χ2n) is 7.37. The SMILES string of the molecule is CCCN(CCC)CCCNC(=O)C1CC(=O)N(C2CCCC2)C1. The molecule has 1 aliphatic heterocycles. The molecule has 2 rings (SSSR count). The van der Waals surface area contributed by atoms with Crippen molar-refractivity contribution in [1.29, 1.82) is 0 Å². The second kappa shape index (κ2) is 10.0. The highest BCUT2D eigenvalue weighted by Crippen LogP contribution is 2.29. The zero-order valence-corrected chi connectivity index (χ0v) is 15.6. The Morgan fingerprint density at radius 1 is 1.17 bits per heavy atom. The summed E-state index contributed by atoms with van der Waals surface area (Å²) < 4.78 is 0. The van der Waals surface area contributed by atoms with E-state index in [2.05, 4.69) is 24.1 Å². The van der Waals surface area contributed by atoms with Crippen LogP contribution in [0.2, 0.25) is 0 Å². The Hall–Kier alpha value is -1.10. The van der Waals surface area contributed by atoms with E-state index in [1.54, 1.807) is 0 Å². The maximum absolute atomic E-state index is 12.3. The van der Waals surface area contributed by atoms with E-state index >= 15 is 0 Å². The Balaban J connectivity index is 1.66. The fourth-order valence-corrected chi connectivity index (χ4v) is 4.10. The van der Waals surface area contributed by atoms with Crippen LogP contribution in [0.25, 0.3) is 0 Å². The molecule has 0 aromatic rings. The fraction of sp³-hybridized carbons (Fsp3) is 0.895. The highest BCUT2D eigenvalue weighted by molar-refractivity contribution is 5.89. The number of carbonyl (C=O) groups is 2. The Kier molecular flexibility index (Phi) is 8.03. The number of nitrogens with zero attached hydrogens (tertiary/aromatic N) is 2. The van der Waals surface area contributed by atoms with Crippen LogP contribution >= 0.6 is 0 Å². The summed E-state index contributed by atoms with van der Waals surface area (Å²) in [6.07, 6.45) is 8.41. The molecule has 2 fully saturated rings. The smallest absolute Gasteiger partial charge is 0.225 e. The van der Waals surface area contributed by atoms with Crippen molar-refractivity contribution in [1.82, 2.24) is 15.1 Å². The van der Waals surface area contributed by atoms with Gasteiger partial charge in [0, 0.05) is 25.6 Å². The molecule has 1 saturated heterocycles. The summed E-state index contributed by atoms with van der Waals surface area (Å²) in [4.78, 5) is 29.0. The van der Waals surface area contributed by atoms with Crippen molar-refractivity contribution in [2.45, 2.75) is 71.3 Å². The molecule has 0 aromatic heterocycles. The molecular formula is C19H35N3O2. The summed E-state index contributed by atoms with van der Waals surface area (Å²) in [5, 5.41) is 3.05. The topological polar surface area (TPSA) is 52.7 Å².